The monoisotopic (exact) mass is 257 g/mol. The lowest BCUT2D eigenvalue weighted by atomic mass is 10.2. The van der Waals surface area contributed by atoms with Crippen LogP contribution in [-0.4, -0.2) is 22.1 Å². The smallest absolute Gasteiger partial charge is 0.267 e. The van der Waals surface area contributed by atoms with E-state index in [1.807, 2.05) is 0 Å². The molecule has 1 N–H and O–H groups in total. The average molecular weight is 258 g/mol. The highest BCUT2D eigenvalue weighted by molar-refractivity contribution is 9.10. The van der Waals surface area contributed by atoms with Gasteiger partial charge in [-0.15, -0.1) is 0 Å². The highest BCUT2D eigenvalue weighted by atomic mass is 79.9. The first-order valence-corrected chi connectivity index (χ1v) is 5.50. The number of aromatic nitrogens is 2. The molecule has 5 heteroatoms. The topological polar surface area (TPSA) is 46.9 Å². The van der Waals surface area contributed by atoms with Gasteiger partial charge in [0.05, 0.1) is 6.33 Å². The Morgan fingerprint density at radius 2 is 2.57 bits per heavy atom. The standard InChI is InChI=1S/C9H12BrN3O/c10-8-4-11-6-13(9(8)14)5-7-2-1-3-12-7/h4,6-7,12H,1-3,5H2. The quantitative estimate of drug-likeness (QED) is 0.851. The second kappa shape index (κ2) is 4.23. The zero-order chi connectivity index (χ0) is 9.97. The van der Waals surface area contributed by atoms with Gasteiger partial charge in [-0.2, -0.15) is 0 Å². The fourth-order valence-corrected chi connectivity index (χ4v) is 2.05. The molecule has 2 heterocycles. The molecule has 1 aromatic heterocycles. The molecule has 4 nitrogen and oxygen atoms in total. The fourth-order valence-electron chi connectivity index (χ4n) is 1.70. The van der Waals surface area contributed by atoms with Crippen LogP contribution < -0.4 is 10.9 Å². The van der Waals surface area contributed by atoms with Gasteiger partial charge in [-0.1, -0.05) is 0 Å². The number of rotatable bonds is 2. The van der Waals surface area contributed by atoms with E-state index < -0.39 is 0 Å². The summed E-state index contributed by atoms with van der Waals surface area (Å²) in [6.07, 6.45) is 5.45. The second-order valence-electron chi connectivity index (χ2n) is 3.49. The molecular formula is C9H12BrN3O. The van der Waals surface area contributed by atoms with Crippen LogP contribution in [-0.2, 0) is 6.54 Å². The molecule has 0 aliphatic carbocycles. The molecule has 1 fully saturated rings. The minimum Gasteiger partial charge on any atom is -0.312 e. The molecule has 0 saturated carbocycles. The Labute approximate surface area is 90.5 Å². The van der Waals surface area contributed by atoms with E-state index in [4.69, 9.17) is 0 Å². The Morgan fingerprint density at radius 1 is 1.71 bits per heavy atom. The number of halogens is 1. The van der Waals surface area contributed by atoms with Crippen LogP contribution in [0.4, 0.5) is 0 Å². The molecule has 0 bridgehead atoms. The predicted octanol–water partition coefficient (Wildman–Crippen LogP) is 0.758. The molecule has 0 amide bonds. The summed E-state index contributed by atoms with van der Waals surface area (Å²) in [5.74, 6) is 0. The Balaban J connectivity index is 2.16. The van der Waals surface area contributed by atoms with Gasteiger partial charge in [-0.25, -0.2) is 4.98 Å². The Morgan fingerprint density at radius 3 is 3.29 bits per heavy atom. The van der Waals surface area contributed by atoms with Crippen molar-refractivity contribution >= 4 is 15.9 Å². The molecular weight excluding hydrogens is 246 g/mol. The summed E-state index contributed by atoms with van der Waals surface area (Å²) >= 11 is 3.18. The summed E-state index contributed by atoms with van der Waals surface area (Å²) in [6, 6.07) is 0.420. The summed E-state index contributed by atoms with van der Waals surface area (Å²) in [5, 5.41) is 3.35. The van der Waals surface area contributed by atoms with Crippen LogP contribution in [0.15, 0.2) is 21.8 Å². The van der Waals surface area contributed by atoms with Gasteiger partial charge in [0.25, 0.3) is 5.56 Å². The largest absolute Gasteiger partial charge is 0.312 e. The lowest BCUT2D eigenvalue weighted by molar-refractivity contribution is 0.493. The Kier molecular flexibility index (Phi) is 2.98. The van der Waals surface area contributed by atoms with Gasteiger partial charge in [0, 0.05) is 18.8 Å². The van der Waals surface area contributed by atoms with Crippen molar-refractivity contribution in [2.24, 2.45) is 0 Å². The lowest BCUT2D eigenvalue weighted by Crippen LogP contribution is -2.32. The average Bonchev–Trinajstić information content (AvgIpc) is 2.66. The second-order valence-corrected chi connectivity index (χ2v) is 4.35. The first-order chi connectivity index (χ1) is 6.77. The number of nitrogens with one attached hydrogen (secondary N) is 1. The van der Waals surface area contributed by atoms with Gasteiger partial charge in [-0.05, 0) is 35.3 Å². The van der Waals surface area contributed by atoms with Crippen LogP contribution in [0.25, 0.3) is 0 Å². The van der Waals surface area contributed by atoms with E-state index in [2.05, 4.69) is 26.2 Å². The van der Waals surface area contributed by atoms with Crippen LogP contribution in [0.5, 0.6) is 0 Å². The van der Waals surface area contributed by atoms with E-state index in [0.29, 0.717) is 17.1 Å². The highest BCUT2D eigenvalue weighted by Crippen LogP contribution is 2.06. The molecule has 1 saturated heterocycles. The van der Waals surface area contributed by atoms with E-state index in [0.717, 1.165) is 13.0 Å². The van der Waals surface area contributed by atoms with Gasteiger partial charge in [0.1, 0.15) is 4.47 Å². The minimum absolute atomic E-state index is 0.00583. The maximum Gasteiger partial charge on any atom is 0.267 e. The molecule has 76 valence electrons. The van der Waals surface area contributed by atoms with E-state index >= 15 is 0 Å². The molecule has 0 spiro atoms. The SMILES string of the molecule is O=c1c(Br)cncn1CC1CCCN1. The molecule has 1 atom stereocenters. The zero-order valence-corrected chi connectivity index (χ0v) is 9.33. The molecule has 1 unspecified atom stereocenters. The van der Waals surface area contributed by atoms with Crippen molar-refractivity contribution in [1.29, 1.82) is 0 Å². The van der Waals surface area contributed by atoms with Gasteiger partial charge in [0.2, 0.25) is 0 Å². The zero-order valence-electron chi connectivity index (χ0n) is 7.74. The molecule has 1 aromatic rings. The lowest BCUT2D eigenvalue weighted by Gasteiger charge is -2.11. The number of nitrogens with zero attached hydrogens (tertiary/aromatic N) is 2. The van der Waals surface area contributed by atoms with E-state index in [1.54, 1.807) is 10.9 Å². The summed E-state index contributed by atoms with van der Waals surface area (Å²) in [7, 11) is 0. The van der Waals surface area contributed by atoms with Crippen LogP contribution in [0.1, 0.15) is 12.8 Å². The fraction of sp³-hybridized carbons (Fsp3) is 0.556. The van der Waals surface area contributed by atoms with Crippen LogP contribution in [0, 0.1) is 0 Å². The maximum absolute atomic E-state index is 11.6. The summed E-state index contributed by atoms with van der Waals surface area (Å²) < 4.78 is 2.17. The number of hydrogen-bond donors (Lipinski definition) is 1. The van der Waals surface area contributed by atoms with Crippen LogP contribution in [0.3, 0.4) is 0 Å². The van der Waals surface area contributed by atoms with Crippen LogP contribution in [0.2, 0.25) is 0 Å². The molecule has 1 aliphatic heterocycles. The first kappa shape index (κ1) is 9.86. The third-order valence-electron chi connectivity index (χ3n) is 2.44. The molecule has 0 radical (unpaired) electrons. The van der Waals surface area contributed by atoms with E-state index in [-0.39, 0.29) is 5.56 Å². The Bertz CT molecular complexity index is 371. The van der Waals surface area contributed by atoms with Gasteiger partial charge >= 0.3 is 0 Å². The van der Waals surface area contributed by atoms with Gasteiger partial charge < -0.3 is 5.32 Å². The molecule has 14 heavy (non-hydrogen) atoms. The third kappa shape index (κ3) is 2.04. The molecule has 2 rings (SSSR count). The number of hydrogen-bond acceptors (Lipinski definition) is 3. The maximum atomic E-state index is 11.6. The predicted molar refractivity (Wildman–Crippen MR) is 57.2 cm³/mol. The van der Waals surface area contributed by atoms with Crippen molar-refractivity contribution in [3.05, 3.63) is 27.4 Å². The van der Waals surface area contributed by atoms with Gasteiger partial charge in [0.15, 0.2) is 0 Å². The van der Waals surface area contributed by atoms with Crippen molar-refractivity contribution < 1.29 is 0 Å². The van der Waals surface area contributed by atoms with Gasteiger partial charge in [-0.3, -0.25) is 9.36 Å². The van der Waals surface area contributed by atoms with Crippen molar-refractivity contribution in [2.75, 3.05) is 6.54 Å². The van der Waals surface area contributed by atoms with Crippen molar-refractivity contribution in [3.8, 4) is 0 Å². The van der Waals surface area contributed by atoms with Crippen molar-refractivity contribution in [1.82, 2.24) is 14.9 Å². The van der Waals surface area contributed by atoms with E-state index in [9.17, 15) is 4.79 Å². The summed E-state index contributed by atoms with van der Waals surface area (Å²) in [6.45, 7) is 1.77. The third-order valence-corrected chi connectivity index (χ3v) is 2.98. The minimum atomic E-state index is -0.00583. The van der Waals surface area contributed by atoms with Crippen molar-refractivity contribution in [2.45, 2.75) is 25.4 Å². The van der Waals surface area contributed by atoms with E-state index in [1.165, 1.54) is 12.6 Å². The summed E-state index contributed by atoms with van der Waals surface area (Å²) in [4.78, 5) is 15.6. The summed E-state index contributed by atoms with van der Waals surface area (Å²) in [5.41, 5.74) is -0.00583. The molecule has 0 aromatic carbocycles. The molecule has 1 aliphatic rings. The normalized spacial score (nSPS) is 21.4. The van der Waals surface area contributed by atoms with Crippen molar-refractivity contribution in [3.63, 3.8) is 0 Å². The Hall–Kier alpha value is -0.680. The highest BCUT2D eigenvalue weighted by Gasteiger charge is 2.15. The first-order valence-electron chi connectivity index (χ1n) is 4.70. The van der Waals surface area contributed by atoms with Crippen LogP contribution >= 0.6 is 15.9 Å².